The normalized spacial score (nSPS) is 10.8. The summed E-state index contributed by atoms with van der Waals surface area (Å²) in [7, 11) is 1.96. The molecule has 2 rings (SSSR count). The molecule has 1 N–H and O–H groups in total. The van der Waals surface area contributed by atoms with E-state index in [4.69, 9.17) is 0 Å². The lowest BCUT2D eigenvalue weighted by molar-refractivity contribution is 0.788. The van der Waals surface area contributed by atoms with Gasteiger partial charge in [-0.15, -0.1) is 22.7 Å². The Labute approximate surface area is 106 Å². The third kappa shape index (κ3) is 2.87. The summed E-state index contributed by atoms with van der Waals surface area (Å²) in [5.41, 5.74) is 1.10. The lowest BCUT2D eigenvalue weighted by Crippen LogP contribution is -2.09. The van der Waals surface area contributed by atoms with E-state index in [1.165, 1.54) is 9.88 Å². The van der Waals surface area contributed by atoms with Crippen molar-refractivity contribution in [2.75, 3.05) is 13.6 Å². The fourth-order valence-corrected chi connectivity index (χ4v) is 3.44. The number of hydrogen-bond acceptors (Lipinski definition) is 4. The molecule has 15 heavy (non-hydrogen) atoms. The molecule has 0 spiro atoms. The van der Waals surface area contributed by atoms with Gasteiger partial charge >= 0.3 is 0 Å². The second-order valence-corrected chi connectivity index (χ2v) is 6.49. The number of hydrogen-bond donors (Lipinski definition) is 1. The quantitative estimate of drug-likeness (QED) is 0.936. The van der Waals surface area contributed by atoms with E-state index in [0.29, 0.717) is 0 Å². The molecule has 0 fully saturated rings. The van der Waals surface area contributed by atoms with Crippen molar-refractivity contribution in [3.05, 3.63) is 26.3 Å². The van der Waals surface area contributed by atoms with Crippen LogP contribution in [0.3, 0.4) is 0 Å². The summed E-state index contributed by atoms with van der Waals surface area (Å²) in [5, 5.41) is 6.46. The van der Waals surface area contributed by atoms with Gasteiger partial charge in [0.1, 0.15) is 0 Å². The summed E-state index contributed by atoms with van der Waals surface area (Å²) in [6.45, 7) is 0.987. The zero-order valence-corrected chi connectivity index (χ0v) is 11.5. The molecule has 0 amide bonds. The maximum Gasteiger partial charge on any atom is 0.0945 e. The number of rotatable bonds is 4. The number of nitrogens with one attached hydrogen (secondary N) is 1. The summed E-state index contributed by atoms with van der Waals surface area (Å²) in [4.78, 5) is 5.83. The Hall–Kier alpha value is -0.230. The van der Waals surface area contributed by atoms with Crippen LogP contribution in [0.4, 0.5) is 0 Å². The maximum atomic E-state index is 4.60. The van der Waals surface area contributed by atoms with Gasteiger partial charge in [0.2, 0.25) is 0 Å². The maximum absolute atomic E-state index is 4.60. The molecule has 0 saturated heterocycles. The number of thiophene rings is 1. The summed E-state index contributed by atoms with van der Waals surface area (Å²) >= 11 is 6.92. The zero-order chi connectivity index (χ0) is 10.7. The Morgan fingerprint density at radius 2 is 2.33 bits per heavy atom. The van der Waals surface area contributed by atoms with Crippen LogP contribution in [0.5, 0.6) is 0 Å². The van der Waals surface area contributed by atoms with Crippen molar-refractivity contribution in [1.82, 2.24) is 10.3 Å². The van der Waals surface area contributed by atoms with Gasteiger partial charge in [0.15, 0.2) is 0 Å². The molecule has 0 aliphatic heterocycles. The molecule has 2 aromatic heterocycles. The minimum Gasteiger partial charge on any atom is -0.319 e. The molecule has 0 aliphatic rings. The van der Waals surface area contributed by atoms with E-state index in [9.17, 15) is 0 Å². The fraction of sp³-hybridized carbons (Fsp3) is 0.300. The minimum atomic E-state index is 0.987. The third-order valence-corrected chi connectivity index (χ3v) is 4.52. The molecule has 0 saturated carbocycles. The monoisotopic (exact) mass is 302 g/mol. The number of thiazole rings is 1. The largest absolute Gasteiger partial charge is 0.319 e. The topological polar surface area (TPSA) is 24.9 Å². The van der Waals surface area contributed by atoms with E-state index in [0.717, 1.165) is 22.4 Å². The predicted octanol–water partition coefficient (Wildman–Crippen LogP) is 3.40. The van der Waals surface area contributed by atoms with Gasteiger partial charge in [0.25, 0.3) is 0 Å². The van der Waals surface area contributed by atoms with E-state index in [2.05, 4.69) is 43.7 Å². The highest BCUT2D eigenvalue weighted by Gasteiger charge is 2.06. The van der Waals surface area contributed by atoms with E-state index in [1.807, 2.05) is 7.05 Å². The molecule has 0 radical (unpaired) electrons. The van der Waals surface area contributed by atoms with Crippen molar-refractivity contribution >= 4 is 38.6 Å². The Bertz CT molecular complexity index is 436. The van der Waals surface area contributed by atoms with Crippen molar-refractivity contribution in [1.29, 1.82) is 0 Å². The first kappa shape index (κ1) is 11.3. The number of likely N-dealkylation sites (N-methyl/N-ethyl adjacent to an activating group) is 1. The first-order valence-electron chi connectivity index (χ1n) is 4.64. The van der Waals surface area contributed by atoms with Crippen LogP contribution in [-0.4, -0.2) is 18.6 Å². The zero-order valence-electron chi connectivity index (χ0n) is 8.29. The van der Waals surface area contributed by atoms with Gasteiger partial charge in [-0.05, 0) is 35.1 Å². The van der Waals surface area contributed by atoms with E-state index in [-0.39, 0.29) is 0 Å². The minimum absolute atomic E-state index is 0.987. The fourth-order valence-electron chi connectivity index (χ4n) is 1.22. The van der Waals surface area contributed by atoms with Crippen molar-refractivity contribution in [2.45, 2.75) is 6.42 Å². The molecule has 5 heteroatoms. The average Bonchev–Trinajstić information content (AvgIpc) is 2.83. The average molecular weight is 303 g/mol. The van der Waals surface area contributed by atoms with Crippen LogP contribution in [0.15, 0.2) is 21.3 Å². The second-order valence-electron chi connectivity index (χ2n) is 3.08. The van der Waals surface area contributed by atoms with Crippen LogP contribution >= 0.6 is 38.6 Å². The van der Waals surface area contributed by atoms with Crippen LogP contribution < -0.4 is 5.32 Å². The van der Waals surface area contributed by atoms with Gasteiger partial charge < -0.3 is 5.32 Å². The molecule has 80 valence electrons. The Morgan fingerprint density at radius 1 is 1.47 bits per heavy atom. The van der Waals surface area contributed by atoms with Gasteiger partial charge in [0, 0.05) is 18.3 Å². The Morgan fingerprint density at radius 3 is 3.00 bits per heavy atom. The standard InChI is InChI=1S/C10H11BrN2S2/c1-12-5-4-10-13-7(6-14-10)8-2-3-9(11)15-8/h2-3,6,12H,4-5H2,1H3. The highest BCUT2D eigenvalue weighted by molar-refractivity contribution is 9.11. The smallest absolute Gasteiger partial charge is 0.0945 e. The molecule has 0 atom stereocenters. The summed E-state index contributed by atoms with van der Waals surface area (Å²) in [5.74, 6) is 0. The van der Waals surface area contributed by atoms with Gasteiger partial charge in [-0.25, -0.2) is 4.98 Å². The predicted molar refractivity (Wildman–Crippen MR) is 70.8 cm³/mol. The lowest BCUT2D eigenvalue weighted by Gasteiger charge is -1.93. The first-order chi connectivity index (χ1) is 7.29. The Kier molecular flexibility index (Phi) is 3.91. The molecule has 2 aromatic rings. The van der Waals surface area contributed by atoms with Gasteiger partial charge in [-0.1, -0.05) is 0 Å². The summed E-state index contributed by atoms with van der Waals surface area (Å²) in [6, 6.07) is 4.16. The molecule has 0 aliphatic carbocycles. The molecule has 2 heterocycles. The van der Waals surface area contributed by atoms with Crippen molar-refractivity contribution in [2.24, 2.45) is 0 Å². The van der Waals surface area contributed by atoms with Crippen LogP contribution in [0.2, 0.25) is 0 Å². The summed E-state index contributed by atoms with van der Waals surface area (Å²) in [6.07, 6.45) is 1.01. The van der Waals surface area contributed by atoms with E-state index < -0.39 is 0 Å². The molecule has 0 bridgehead atoms. The Balaban J connectivity index is 2.13. The van der Waals surface area contributed by atoms with Gasteiger partial charge in [0.05, 0.1) is 19.4 Å². The van der Waals surface area contributed by atoms with Crippen molar-refractivity contribution in [3.8, 4) is 10.6 Å². The van der Waals surface area contributed by atoms with Crippen LogP contribution in [0.1, 0.15) is 5.01 Å². The SMILES string of the molecule is CNCCc1nc(-c2ccc(Br)s2)cs1. The molecule has 0 unspecified atom stereocenters. The van der Waals surface area contributed by atoms with Crippen LogP contribution in [0, 0.1) is 0 Å². The number of halogens is 1. The van der Waals surface area contributed by atoms with E-state index in [1.54, 1.807) is 22.7 Å². The second kappa shape index (κ2) is 5.21. The molecular formula is C10H11BrN2S2. The number of nitrogens with zero attached hydrogens (tertiary/aromatic N) is 1. The van der Waals surface area contributed by atoms with Crippen LogP contribution in [-0.2, 0) is 6.42 Å². The van der Waals surface area contributed by atoms with Gasteiger partial charge in [-0.2, -0.15) is 0 Å². The van der Waals surface area contributed by atoms with Crippen molar-refractivity contribution < 1.29 is 0 Å². The molecule has 0 aromatic carbocycles. The van der Waals surface area contributed by atoms with Crippen molar-refractivity contribution in [3.63, 3.8) is 0 Å². The summed E-state index contributed by atoms with van der Waals surface area (Å²) < 4.78 is 1.15. The van der Waals surface area contributed by atoms with Gasteiger partial charge in [-0.3, -0.25) is 0 Å². The number of aromatic nitrogens is 1. The third-order valence-electron chi connectivity index (χ3n) is 1.97. The molecular weight excluding hydrogens is 292 g/mol. The first-order valence-corrected chi connectivity index (χ1v) is 7.13. The lowest BCUT2D eigenvalue weighted by atomic mass is 10.4. The highest BCUT2D eigenvalue weighted by Crippen LogP contribution is 2.31. The van der Waals surface area contributed by atoms with E-state index >= 15 is 0 Å². The molecule has 2 nitrogen and oxygen atoms in total. The van der Waals surface area contributed by atoms with Crippen LogP contribution in [0.25, 0.3) is 10.6 Å². The highest BCUT2D eigenvalue weighted by atomic mass is 79.9.